The Bertz CT molecular complexity index is 332. The molecule has 0 aliphatic rings. The number of aromatic amines is 1. The van der Waals surface area contributed by atoms with E-state index in [1.54, 1.807) is 0 Å². The molecule has 1 heterocycles. The monoisotopic (exact) mass is 224 g/mol. The number of nitrogens with zero attached hydrogens (tertiary/aromatic N) is 1. The van der Waals surface area contributed by atoms with Crippen molar-refractivity contribution in [2.45, 2.75) is 32.6 Å². The van der Waals surface area contributed by atoms with Crippen LogP contribution in [0.4, 0.5) is 5.82 Å². The summed E-state index contributed by atoms with van der Waals surface area (Å²) in [5, 5.41) is 12.7. The summed E-state index contributed by atoms with van der Waals surface area (Å²) in [4.78, 5) is 11.5. The number of hydrogen-bond donors (Lipinski definition) is 3. The van der Waals surface area contributed by atoms with Gasteiger partial charge in [0.15, 0.2) is 5.82 Å². The van der Waals surface area contributed by atoms with Gasteiger partial charge < -0.3 is 10.6 Å². The largest absolute Gasteiger partial charge is 0.320 e. The quantitative estimate of drug-likeness (QED) is 0.641. The number of carbonyl (C=O) groups excluding carboxylic acids is 1. The van der Waals surface area contributed by atoms with Crippen LogP contribution in [0, 0.1) is 0 Å². The van der Waals surface area contributed by atoms with Gasteiger partial charge in [0.2, 0.25) is 5.91 Å². The number of H-pyrrole nitrogens is 1. The molecule has 0 aromatic carbocycles. The van der Waals surface area contributed by atoms with E-state index in [0.29, 0.717) is 18.2 Å². The van der Waals surface area contributed by atoms with E-state index in [1.165, 1.54) is 0 Å². The zero-order valence-corrected chi connectivity index (χ0v) is 10.1. The Kier molecular flexibility index (Phi) is 4.98. The van der Waals surface area contributed by atoms with E-state index in [2.05, 4.69) is 34.7 Å². The molecule has 0 atom stereocenters. The van der Waals surface area contributed by atoms with Crippen molar-refractivity contribution in [2.75, 3.05) is 18.9 Å². The maximum Gasteiger partial charge on any atom is 0.225 e. The molecular formula is C11H20N4O. The number of amides is 1. The summed E-state index contributed by atoms with van der Waals surface area (Å²) < 4.78 is 0. The lowest BCUT2D eigenvalue weighted by molar-refractivity contribution is -0.116. The van der Waals surface area contributed by atoms with E-state index in [0.717, 1.165) is 18.7 Å². The molecule has 0 aliphatic heterocycles. The first-order chi connectivity index (χ1) is 7.63. The number of rotatable bonds is 6. The molecule has 3 N–H and O–H groups in total. The van der Waals surface area contributed by atoms with Crippen molar-refractivity contribution in [3.05, 3.63) is 11.8 Å². The van der Waals surface area contributed by atoms with Crippen molar-refractivity contribution in [1.82, 2.24) is 15.5 Å². The molecule has 16 heavy (non-hydrogen) atoms. The summed E-state index contributed by atoms with van der Waals surface area (Å²) in [5.41, 5.74) is 1.03. The van der Waals surface area contributed by atoms with Gasteiger partial charge in [-0.05, 0) is 25.9 Å². The Morgan fingerprint density at radius 3 is 2.88 bits per heavy atom. The minimum absolute atomic E-state index is 0.0112. The van der Waals surface area contributed by atoms with E-state index >= 15 is 0 Å². The molecule has 1 rings (SSSR count). The highest BCUT2D eigenvalue weighted by atomic mass is 16.1. The third-order valence-corrected chi connectivity index (χ3v) is 2.32. The van der Waals surface area contributed by atoms with Crippen LogP contribution in [0.5, 0.6) is 0 Å². The normalized spacial score (nSPS) is 10.8. The maximum atomic E-state index is 11.5. The minimum Gasteiger partial charge on any atom is -0.320 e. The summed E-state index contributed by atoms with van der Waals surface area (Å²) in [6, 6.07) is 1.88. The lowest BCUT2D eigenvalue weighted by Gasteiger charge is -2.01. The van der Waals surface area contributed by atoms with Gasteiger partial charge in [0.25, 0.3) is 0 Å². The lowest BCUT2D eigenvalue weighted by atomic mass is 10.1. The van der Waals surface area contributed by atoms with Gasteiger partial charge in [-0.3, -0.25) is 9.89 Å². The molecule has 5 nitrogen and oxygen atoms in total. The molecule has 0 spiro atoms. The zero-order valence-electron chi connectivity index (χ0n) is 10.1. The van der Waals surface area contributed by atoms with Crippen molar-refractivity contribution in [3.63, 3.8) is 0 Å². The standard InChI is InChI=1S/C11H20N4O/c1-8(2)9-7-10(15-14-9)13-11(16)5-4-6-12-3/h7-8,12H,4-6H2,1-3H3,(H2,13,14,15,16). The maximum absolute atomic E-state index is 11.5. The zero-order chi connectivity index (χ0) is 12.0. The first-order valence-electron chi connectivity index (χ1n) is 5.63. The predicted octanol–water partition coefficient (Wildman–Crippen LogP) is 1.47. The third-order valence-electron chi connectivity index (χ3n) is 2.32. The van der Waals surface area contributed by atoms with Gasteiger partial charge in [-0.1, -0.05) is 13.8 Å². The number of carbonyl (C=O) groups is 1. The average Bonchev–Trinajstić information content (AvgIpc) is 2.66. The van der Waals surface area contributed by atoms with Crippen LogP contribution < -0.4 is 10.6 Å². The molecule has 90 valence electrons. The fourth-order valence-electron chi connectivity index (χ4n) is 1.33. The van der Waals surface area contributed by atoms with Gasteiger partial charge in [0.1, 0.15) is 0 Å². The van der Waals surface area contributed by atoms with Crippen LogP contribution in [-0.2, 0) is 4.79 Å². The number of aromatic nitrogens is 2. The molecule has 5 heteroatoms. The molecule has 0 radical (unpaired) electrons. The SMILES string of the molecule is CNCCCC(=O)Nc1cc(C(C)C)[nH]n1. The second-order valence-electron chi connectivity index (χ2n) is 4.12. The van der Waals surface area contributed by atoms with Gasteiger partial charge in [-0.2, -0.15) is 5.10 Å². The Labute approximate surface area is 96.0 Å². The van der Waals surface area contributed by atoms with Crippen LogP contribution in [0.1, 0.15) is 38.3 Å². The van der Waals surface area contributed by atoms with E-state index in [1.807, 2.05) is 13.1 Å². The summed E-state index contributed by atoms with van der Waals surface area (Å²) >= 11 is 0. The minimum atomic E-state index is 0.0112. The molecule has 1 aromatic heterocycles. The summed E-state index contributed by atoms with van der Waals surface area (Å²) in [7, 11) is 1.88. The van der Waals surface area contributed by atoms with Crippen molar-refractivity contribution in [1.29, 1.82) is 0 Å². The van der Waals surface area contributed by atoms with Crippen LogP contribution in [0.3, 0.4) is 0 Å². The molecule has 0 unspecified atom stereocenters. The molecular weight excluding hydrogens is 204 g/mol. The van der Waals surface area contributed by atoms with Gasteiger partial charge in [0.05, 0.1) is 0 Å². The second kappa shape index (κ2) is 6.27. The Hall–Kier alpha value is -1.36. The van der Waals surface area contributed by atoms with Crippen LogP contribution in [0.25, 0.3) is 0 Å². The van der Waals surface area contributed by atoms with E-state index in [4.69, 9.17) is 0 Å². The van der Waals surface area contributed by atoms with Crippen LogP contribution in [-0.4, -0.2) is 29.7 Å². The molecule has 0 saturated carbocycles. The van der Waals surface area contributed by atoms with Crippen molar-refractivity contribution in [2.24, 2.45) is 0 Å². The fraction of sp³-hybridized carbons (Fsp3) is 0.636. The van der Waals surface area contributed by atoms with E-state index < -0.39 is 0 Å². The Morgan fingerprint density at radius 2 is 2.31 bits per heavy atom. The van der Waals surface area contributed by atoms with Gasteiger partial charge in [-0.15, -0.1) is 0 Å². The molecule has 1 aromatic rings. The number of hydrogen-bond acceptors (Lipinski definition) is 3. The molecule has 0 bridgehead atoms. The van der Waals surface area contributed by atoms with Crippen molar-refractivity contribution < 1.29 is 4.79 Å². The predicted molar refractivity (Wildman–Crippen MR) is 64.5 cm³/mol. The topological polar surface area (TPSA) is 69.8 Å². The van der Waals surface area contributed by atoms with E-state index in [9.17, 15) is 4.79 Å². The van der Waals surface area contributed by atoms with Gasteiger partial charge in [-0.25, -0.2) is 0 Å². The van der Waals surface area contributed by atoms with Crippen molar-refractivity contribution >= 4 is 11.7 Å². The summed E-state index contributed by atoms with van der Waals surface area (Å²) in [6.45, 7) is 5.00. The first kappa shape index (κ1) is 12.7. The highest BCUT2D eigenvalue weighted by Gasteiger charge is 2.07. The summed E-state index contributed by atoms with van der Waals surface area (Å²) in [6.07, 6.45) is 1.36. The molecule has 0 saturated heterocycles. The number of nitrogens with one attached hydrogen (secondary N) is 3. The van der Waals surface area contributed by atoms with E-state index in [-0.39, 0.29) is 5.91 Å². The third kappa shape index (κ3) is 4.02. The molecule has 0 aliphatic carbocycles. The second-order valence-corrected chi connectivity index (χ2v) is 4.12. The molecule has 0 fully saturated rings. The average molecular weight is 224 g/mol. The lowest BCUT2D eigenvalue weighted by Crippen LogP contribution is -2.15. The molecule has 1 amide bonds. The van der Waals surface area contributed by atoms with Crippen LogP contribution >= 0.6 is 0 Å². The highest BCUT2D eigenvalue weighted by Crippen LogP contribution is 2.14. The van der Waals surface area contributed by atoms with Gasteiger partial charge >= 0.3 is 0 Å². The fourth-order valence-corrected chi connectivity index (χ4v) is 1.33. The van der Waals surface area contributed by atoms with Crippen molar-refractivity contribution in [3.8, 4) is 0 Å². The summed E-state index contributed by atoms with van der Waals surface area (Å²) in [5.74, 6) is 1.01. The van der Waals surface area contributed by atoms with Crippen LogP contribution in [0.2, 0.25) is 0 Å². The Balaban J connectivity index is 2.37. The first-order valence-corrected chi connectivity index (χ1v) is 5.63. The Morgan fingerprint density at radius 1 is 1.56 bits per heavy atom. The van der Waals surface area contributed by atoms with Gasteiger partial charge in [0, 0.05) is 18.2 Å². The highest BCUT2D eigenvalue weighted by molar-refractivity contribution is 5.89. The number of anilines is 1. The van der Waals surface area contributed by atoms with Crippen LogP contribution in [0.15, 0.2) is 6.07 Å². The smallest absolute Gasteiger partial charge is 0.225 e.